The van der Waals surface area contributed by atoms with Crippen molar-refractivity contribution < 1.29 is 9.53 Å². The molecule has 2 atom stereocenters. The number of carbonyl (C=O) groups is 1. The Hall–Kier alpha value is -1.69. The first-order valence-corrected chi connectivity index (χ1v) is 7.23. The summed E-state index contributed by atoms with van der Waals surface area (Å²) in [4.78, 5) is 22.9. The van der Waals surface area contributed by atoms with Crippen LogP contribution in [0.1, 0.15) is 26.2 Å². The number of hydrogen-bond donors (Lipinski definition) is 1. The Morgan fingerprint density at radius 2 is 2.25 bits per heavy atom. The van der Waals surface area contributed by atoms with Crippen molar-refractivity contribution in [3.8, 4) is 0 Å². The predicted octanol–water partition coefficient (Wildman–Crippen LogP) is 1.44. The number of anilines is 2. The zero-order chi connectivity index (χ0) is 13.9. The number of rotatable bonds is 3. The Kier molecular flexibility index (Phi) is 3.82. The van der Waals surface area contributed by atoms with Crippen molar-refractivity contribution in [3.05, 3.63) is 12.5 Å². The summed E-state index contributed by atoms with van der Waals surface area (Å²) in [6.45, 7) is 4.58. The summed E-state index contributed by atoms with van der Waals surface area (Å²) in [5.74, 6) is 0.754. The van der Waals surface area contributed by atoms with Crippen LogP contribution >= 0.6 is 0 Å². The highest BCUT2D eigenvalue weighted by atomic mass is 16.5. The molecule has 6 nitrogen and oxygen atoms in total. The molecule has 3 rings (SSSR count). The molecule has 2 fully saturated rings. The second-order valence-corrected chi connectivity index (χ2v) is 5.41. The number of carbonyl (C=O) groups excluding carboxylic acids is 1. The Morgan fingerprint density at radius 1 is 1.45 bits per heavy atom. The van der Waals surface area contributed by atoms with Gasteiger partial charge in [-0.05, 0) is 26.2 Å². The van der Waals surface area contributed by atoms with E-state index in [0.29, 0.717) is 12.3 Å². The molecule has 0 aromatic carbocycles. The van der Waals surface area contributed by atoms with Crippen molar-refractivity contribution in [1.82, 2.24) is 9.97 Å². The van der Waals surface area contributed by atoms with Crippen LogP contribution < -0.4 is 10.2 Å². The summed E-state index contributed by atoms with van der Waals surface area (Å²) in [6.07, 6.45) is 6.31. The van der Waals surface area contributed by atoms with E-state index in [4.69, 9.17) is 4.74 Å². The van der Waals surface area contributed by atoms with E-state index in [0.717, 1.165) is 25.3 Å². The molecule has 6 heteroatoms. The van der Waals surface area contributed by atoms with Crippen LogP contribution in [0.15, 0.2) is 12.5 Å². The minimum absolute atomic E-state index is 0.00486. The lowest BCUT2D eigenvalue weighted by Gasteiger charge is -2.21. The molecule has 108 valence electrons. The lowest BCUT2D eigenvalue weighted by molar-refractivity contribution is -0.121. The lowest BCUT2D eigenvalue weighted by Crippen LogP contribution is -2.29. The number of ether oxygens (including phenoxy) is 1. The molecule has 2 aliphatic rings. The number of nitrogens with one attached hydrogen (secondary N) is 1. The molecule has 0 bridgehead atoms. The number of hydrogen-bond acceptors (Lipinski definition) is 5. The fourth-order valence-electron chi connectivity index (χ4n) is 2.89. The number of nitrogens with zero attached hydrogens (tertiary/aromatic N) is 3. The molecule has 0 aliphatic carbocycles. The molecule has 2 saturated heterocycles. The van der Waals surface area contributed by atoms with E-state index in [9.17, 15) is 4.79 Å². The molecule has 20 heavy (non-hydrogen) atoms. The topological polar surface area (TPSA) is 67.3 Å². The van der Waals surface area contributed by atoms with Crippen LogP contribution in [0.3, 0.4) is 0 Å². The summed E-state index contributed by atoms with van der Waals surface area (Å²) in [5.41, 5.74) is 0.707. The van der Waals surface area contributed by atoms with Gasteiger partial charge in [0.25, 0.3) is 0 Å². The van der Waals surface area contributed by atoms with Crippen LogP contribution in [0.5, 0.6) is 0 Å². The molecule has 0 unspecified atom stereocenters. The van der Waals surface area contributed by atoms with Gasteiger partial charge in [-0.25, -0.2) is 9.97 Å². The van der Waals surface area contributed by atoms with E-state index >= 15 is 0 Å². The van der Waals surface area contributed by atoms with Gasteiger partial charge < -0.3 is 15.0 Å². The SMILES string of the molecule is C[C@@H]1OCC[C@H]1C(=O)Nc1cncnc1N1CCCC1. The Morgan fingerprint density at radius 3 is 2.95 bits per heavy atom. The van der Waals surface area contributed by atoms with Gasteiger partial charge in [0.15, 0.2) is 5.82 Å². The second kappa shape index (κ2) is 5.75. The van der Waals surface area contributed by atoms with Crippen LogP contribution in [0.4, 0.5) is 11.5 Å². The van der Waals surface area contributed by atoms with Crippen LogP contribution in [0, 0.1) is 5.92 Å². The summed E-state index contributed by atoms with van der Waals surface area (Å²) in [5, 5.41) is 2.97. The van der Waals surface area contributed by atoms with Gasteiger partial charge in [0.1, 0.15) is 12.0 Å². The van der Waals surface area contributed by atoms with Gasteiger partial charge >= 0.3 is 0 Å². The highest BCUT2D eigenvalue weighted by molar-refractivity contribution is 5.95. The fourth-order valence-corrected chi connectivity index (χ4v) is 2.89. The molecular formula is C14H20N4O2. The summed E-state index contributed by atoms with van der Waals surface area (Å²) in [6, 6.07) is 0. The molecular weight excluding hydrogens is 256 g/mol. The third-order valence-corrected chi connectivity index (χ3v) is 4.07. The first-order chi connectivity index (χ1) is 9.75. The maximum absolute atomic E-state index is 12.3. The number of aromatic nitrogens is 2. The standard InChI is InChI=1S/C14H20N4O2/c1-10-11(4-7-20-10)14(19)17-12-8-15-9-16-13(12)18-5-2-3-6-18/h8-11H,2-7H2,1H3,(H,17,19)/t10-,11+/m0/s1. The van der Waals surface area contributed by atoms with Gasteiger partial charge in [-0.2, -0.15) is 0 Å². The summed E-state index contributed by atoms with van der Waals surface area (Å²) in [7, 11) is 0. The maximum atomic E-state index is 12.3. The third kappa shape index (κ3) is 2.60. The number of amides is 1. The molecule has 1 N–H and O–H groups in total. The summed E-state index contributed by atoms with van der Waals surface area (Å²) >= 11 is 0. The Labute approximate surface area is 118 Å². The Bertz CT molecular complexity index is 488. The molecule has 2 aliphatic heterocycles. The van der Waals surface area contributed by atoms with Gasteiger partial charge in [-0.15, -0.1) is 0 Å². The highest BCUT2D eigenvalue weighted by Crippen LogP contribution is 2.27. The van der Waals surface area contributed by atoms with E-state index in [1.54, 1.807) is 6.20 Å². The smallest absolute Gasteiger partial charge is 0.230 e. The highest BCUT2D eigenvalue weighted by Gasteiger charge is 2.31. The van der Waals surface area contributed by atoms with Crippen LogP contribution in [0.25, 0.3) is 0 Å². The molecule has 1 amide bonds. The van der Waals surface area contributed by atoms with Crippen molar-refractivity contribution in [2.24, 2.45) is 5.92 Å². The van der Waals surface area contributed by atoms with Gasteiger partial charge in [-0.3, -0.25) is 4.79 Å². The third-order valence-electron chi connectivity index (χ3n) is 4.07. The van der Waals surface area contributed by atoms with Crippen LogP contribution in [-0.2, 0) is 9.53 Å². The minimum Gasteiger partial charge on any atom is -0.378 e. The molecule has 3 heterocycles. The predicted molar refractivity (Wildman–Crippen MR) is 75.6 cm³/mol. The van der Waals surface area contributed by atoms with E-state index in [1.807, 2.05) is 6.92 Å². The van der Waals surface area contributed by atoms with Crippen molar-refractivity contribution in [1.29, 1.82) is 0 Å². The molecule has 0 radical (unpaired) electrons. The van der Waals surface area contributed by atoms with Gasteiger partial charge in [-0.1, -0.05) is 0 Å². The average molecular weight is 276 g/mol. The van der Waals surface area contributed by atoms with Crippen LogP contribution in [-0.4, -0.2) is 41.7 Å². The second-order valence-electron chi connectivity index (χ2n) is 5.41. The zero-order valence-corrected chi connectivity index (χ0v) is 11.7. The van der Waals surface area contributed by atoms with Crippen molar-refractivity contribution in [2.75, 3.05) is 29.9 Å². The first-order valence-electron chi connectivity index (χ1n) is 7.23. The molecule has 1 aromatic rings. The van der Waals surface area contributed by atoms with Crippen LogP contribution in [0.2, 0.25) is 0 Å². The van der Waals surface area contributed by atoms with E-state index in [-0.39, 0.29) is 17.9 Å². The monoisotopic (exact) mass is 276 g/mol. The quantitative estimate of drug-likeness (QED) is 0.905. The van der Waals surface area contributed by atoms with E-state index < -0.39 is 0 Å². The van der Waals surface area contributed by atoms with E-state index in [2.05, 4.69) is 20.2 Å². The molecule has 0 spiro atoms. The summed E-state index contributed by atoms with van der Waals surface area (Å²) < 4.78 is 5.45. The van der Waals surface area contributed by atoms with Crippen molar-refractivity contribution in [3.63, 3.8) is 0 Å². The first kappa shape index (κ1) is 13.3. The van der Waals surface area contributed by atoms with Crippen molar-refractivity contribution >= 4 is 17.4 Å². The zero-order valence-electron chi connectivity index (χ0n) is 11.7. The fraction of sp³-hybridized carbons (Fsp3) is 0.643. The van der Waals surface area contributed by atoms with Gasteiger partial charge in [0, 0.05) is 19.7 Å². The minimum atomic E-state index is -0.0818. The normalized spacial score (nSPS) is 25.9. The maximum Gasteiger partial charge on any atom is 0.230 e. The largest absolute Gasteiger partial charge is 0.378 e. The molecule has 0 saturated carbocycles. The average Bonchev–Trinajstić information content (AvgIpc) is 3.10. The lowest BCUT2D eigenvalue weighted by atomic mass is 10.0. The van der Waals surface area contributed by atoms with Gasteiger partial charge in [0.05, 0.1) is 18.2 Å². The Balaban J connectivity index is 1.75. The van der Waals surface area contributed by atoms with Crippen molar-refractivity contribution in [2.45, 2.75) is 32.3 Å². The molecule has 1 aromatic heterocycles. The van der Waals surface area contributed by atoms with E-state index in [1.165, 1.54) is 19.2 Å². The van der Waals surface area contributed by atoms with Gasteiger partial charge in [0.2, 0.25) is 5.91 Å².